The van der Waals surface area contributed by atoms with Gasteiger partial charge in [-0.2, -0.15) is 0 Å². The molecule has 0 unspecified atom stereocenters. The SMILES string of the molecule is COC[C@@H]1[C@@H](COC)N1P(=S)(c1ccccc1)c1ccccc1. The summed E-state index contributed by atoms with van der Waals surface area (Å²) in [5.41, 5.74) is 0. The van der Waals surface area contributed by atoms with Crippen LogP contribution in [0.5, 0.6) is 0 Å². The van der Waals surface area contributed by atoms with Crippen molar-refractivity contribution >= 4 is 28.6 Å². The van der Waals surface area contributed by atoms with Gasteiger partial charge in [-0.1, -0.05) is 72.5 Å². The normalized spacial score (nSPS) is 23.7. The summed E-state index contributed by atoms with van der Waals surface area (Å²) in [4.78, 5) is 0. The molecule has 1 fully saturated rings. The van der Waals surface area contributed by atoms with E-state index in [0.717, 1.165) is 0 Å². The molecule has 0 amide bonds. The molecule has 3 rings (SSSR count). The van der Waals surface area contributed by atoms with Crippen LogP contribution in [0.2, 0.25) is 0 Å². The molecule has 0 aromatic heterocycles. The van der Waals surface area contributed by atoms with Crippen molar-refractivity contribution in [3.63, 3.8) is 0 Å². The third-order valence-electron chi connectivity index (χ3n) is 4.25. The van der Waals surface area contributed by atoms with E-state index in [9.17, 15) is 0 Å². The Kier molecular flexibility index (Phi) is 5.30. The van der Waals surface area contributed by atoms with Gasteiger partial charge < -0.3 is 9.47 Å². The predicted molar refractivity (Wildman–Crippen MR) is 99.6 cm³/mol. The molecule has 3 nitrogen and oxygen atoms in total. The second-order valence-electron chi connectivity index (χ2n) is 5.67. The number of methoxy groups -OCH3 is 2. The van der Waals surface area contributed by atoms with Crippen LogP contribution in [0.4, 0.5) is 0 Å². The predicted octanol–water partition coefficient (Wildman–Crippen LogP) is 2.38. The van der Waals surface area contributed by atoms with E-state index in [-0.39, 0.29) is 0 Å². The number of hydrogen-bond donors (Lipinski definition) is 0. The van der Waals surface area contributed by atoms with Crippen molar-refractivity contribution in [3.05, 3.63) is 60.7 Å². The number of hydrogen-bond acceptors (Lipinski definition) is 3. The number of rotatable bonds is 7. The lowest BCUT2D eigenvalue weighted by Crippen LogP contribution is -2.23. The standard InChI is InChI=1S/C18H22NO2PS/c1-20-13-17-18(14-21-2)19(17)22(23,15-9-5-3-6-10-15)16-11-7-4-8-12-16/h3-12,17-18H,13-14H2,1-2H3/t17-,18-/m1/s1. The number of ether oxygens (including phenoxy) is 2. The minimum Gasteiger partial charge on any atom is -0.383 e. The maximum atomic E-state index is 6.33. The van der Waals surface area contributed by atoms with Crippen molar-refractivity contribution in [2.24, 2.45) is 0 Å². The molecule has 1 saturated heterocycles. The van der Waals surface area contributed by atoms with Gasteiger partial charge in [0.25, 0.3) is 0 Å². The Bertz CT molecular complexity index is 624. The minimum absolute atomic E-state index is 0.325. The summed E-state index contributed by atoms with van der Waals surface area (Å²) in [5.74, 6) is 0. The monoisotopic (exact) mass is 347 g/mol. The van der Waals surface area contributed by atoms with Crippen molar-refractivity contribution in [3.8, 4) is 0 Å². The summed E-state index contributed by atoms with van der Waals surface area (Å²) in [6.45, 7) is 1.37. The van der Waals surface area contributed by atoms with Crippen LogP contribution in [0.25, 0.3) is 0 Å². The Balaban J connectivity index is 2.05. The average Bonchev–Trinajstić information content (AvgIpc) is 3.29. The Morgan fingerprint density at radius 1 is 0.826 bits per heavy atom. The van der Waals surface area contributed by atoms with Gasteiger partial charge in [0, 0.05) is 24.8 Å². The van der Waals surface area contributed by atoms with Gasteiger partial charge in [-0.05, 0) is 0 Å². The lowest BCUT2D eigenvalue weighted by molar-refractivity contribution is 0.179. The van der Waals surface area contributed by atoms with Gasteiger partial charge in [0.15, 0.2) is 0 Å². The van der Waals surface area contributed by atoms with Gasteiger partial charge in [0.2, 0.25) is 0 Å². The summed E-state index contributed by atoms with van der Waals surface area (Å²) in [5, 5.41) is 2.45. The van der Waals surface area contributed by atoms with Crippen LogP contribution in [0.3, 0.4) is 0 Å². The van der Waals surface area contributed by atoms with Crippen LogP contribution < -0.4 is 10.6 Å². The first-order chi connectivity index (χ1) is 11.2. The average molecular weight is 347 g/mol. The molecule has 5 heteroatoms. The molecule has 2 aromatic carbocycles. The van der Waals surface area contributed by atoms with Crippen molar-refractivity contribution in [1.82, 2.24) is 4.67 Å². The summed E-state index contributed by atoms with van der Waals surface area (Å²) in [7, 11) is 3.49. The molecule has 122 valence electrons. The Morgan fingerprint density at radius 2 is 1.22 bits per heavy atom. The van der Waals surface area contributed by atoms with Crippen LogP contribution in [-0.4, -0.2) is 44.2 Å². The molecule has 2 aromatic rings. The van der Waals surface area contributed by atoms with E-state index in [1.807, 2.05) is 12.1 Å². The second kappa shape index (κ2) is 7.25. The van der Waals surface area contributed by atoms with Crippen LogP contribution in [0.15, 0.2) is 60.7 Å². The molecule has 0 bridgehead atoms. The highest BCUT2D eigenvalue weighted by molar-refractivity contribution is 8.20. The van der Waals surface area contributed by atoms with E-state index >= 15 is 0 Å². The Labute approximate surface area is 143 Å². The van der Waals surface area contributed by atoms with E-state index in [1.165, 1.54) is 10.6 Å². The van der Waals surface area contributed by atoms with Gasteiger partial charge in [-0.3, -0.25) is 4.67 Å². The van der Waals surface area contributed by atoms with E-state index in [2.05, 4.69) is 53.2 Å². The van der Waals surface area contributed by atoms with Crippen LogP contribution in [0, 0.1) is 0 Å². The first kappa shape index (κ1) is 16.8. The van der Waals surface area contributed by atoms with E-state index in [0.29, 0.717) is 25.3 Å². The van der Waals surface area contributed by atoms with Gasteiger partial charge in [-0.25, -0.2) is 0 Å². The fraction of sp³-hybridized carbons (Fsp3) is 0.333. The van der Waals surface area contributed by atoms with E-state index < -0.39 is 6.19 Å². The zero-order valence-electron chi connectivity index (χ0n) is 13.5. The van der Waals surface area contributed by atoms with Crippen molar-refractivity contribution in [2.45, 2.75) is 12.1 Å². The van der Waals surface area contributed by atoms with Gasteiger partial charge in [-0.15, -0.1) is 0 Å². The minimum atomic E-state index is -2.05. The number of nitrogens with zero attached hydrogens (tertiary/aromatic N) is 1. The highest BCUT2D eigenvalue weighted by Crippen LogP contribution is 2.58. The summed E-state index contributed by atoms with van der Waals surface area (Å²) >= 11 is 6.33. The smallest absolute Gasteiger partial charge is 0.0717 e. The molecule has 23 heavy (non-hydrogen) atoms. The van der Waals surface area contributed by atoms with Gasteiger partial charge in [0.05, 0.1) is 31.5 Å². The molecule has 1 heterocycles. The molecule has 2 atom stereocenters. The van der Waals surface area contributed by atoms with Crippen molar-refractivity contribution in [1.29, 1.82) is 0 Å². The van der Waals surface area contributed by atoms with Crippen molar-refractivity contribution < 1.29 is 9.47 Å². The molecule has 1 aliphatic rings. The molecular weight excluding hydrogens is 325 g/mol. The van der Waals surface area contributed by atoms with Crippen LogP contribution in [-0.2, 0) is 21.3 Å². The zero-order chi connectivity index (χ0) is 16.3. The molecular formula is C18H22NO2PS. The van der Waals surface area contributed by atoms with Crippen LogP contribution in [0.1, 0.15) is 0 Å². The maximum Gasteiger partial charge on any atom is 0.0717 e. The zero-order valence-corrected chi connectivity index (χ0v) is 15.2. The quantitative estimate of drug-likeness (QED) is 0.566. The third kappa shape index (κ3) is 3.15. The molecule has 0 N–H and O–H groups in total. The lowest BCUT2D eigenvalue weighted by Gasteiger charge is -2.26. The largest absolute Gasteiger partial charge is 0.383 e. The summed E-state index contributed by atoms with van der Waals surface area (Å²) in [6.07, 6.45) is -2.05. The first-order valence-electron chi connectivity index (χ1n) is 7.71. The highest BCUT2D eigenvalue weighted by atomic mass is 32.4. The fourth-order valence-corrected chi connectivity index (χ4v) is 7.79. The Morgan fingerprint density at radius 3 is 1.57 bits per heavy atom. The summed E-state index contributed by atoms with van der Waals surface area (Å²) < 4.78 is 13.3. The maximum absolute atomic E-state index is 6.33. The van der Waals surface area contributed by atoms with Crippen molar-refractivity contribution in [2.75, 3.05) is 27.4 Å². The topological polar surface area (TPSA) is 21.5 Å². The Hall–Kier alpha value is -1.03. The van der Waals surface area contributed by atoms with E-state index in [4.69, 9.17) is 21.3 Å². The number of benzene rings is 2. The van der Waals surface area contributed by atoms with Gasteiger partial charge >= 0.3 is 0 Å². The molecule has 0 spiro atoms. The van der Waals surface area contributed by atoms with Gasteiger partial charge in [0.1, 0.15) is 0 Å². The van der Waals surface area contributed by atoms with Crippen LogP contribution >= 0.6 is 6.19 Å². The molecule has 0 saturated carbocycles. The fourth-order valence-electron chi connectivity index (χ4n) is 3.13. The lowest BCUT2D eigenvalue weighted by atomic mass is 10.3. The molecule has 0 aliphatic carbocycles. The second-order valence-corrected chi connectivity index (χ2v) is 9.90. The molecule has 0 radical (unpaired) electrons. The molecule has 1 aliphatic heterocycles. The summed E-state index contributed by atoms with van der Waals surface area (Å²) in [6, 6.07) is 21.6. The first-order valence-corrected chi connectivity index (χ1v) is 10.5. The highest BCUT2D eigenvalue weighted by Gasteiger charge is 2.55. The third-order valence-corrected chi connectivity index (χ3v) is 9.32. The van der Waals surface area contributed by atoms with E-state index in [1.54, 1.807) is 14.2 Å².